The maximum Gasteiger partial charge on any atom is 0.260 e. The Hall–Kier alpha value is -3.72. The molecule has 0 spiro atoms. The summed E-state index contributed by atoms with van der Waals surface area (Å²) in [5.74, 6) is -0.313. The summed E-state index contributed by atoms with van der Waals surface area (Å²) in [6.45, 7) is 2.00. The molecule has 0 radical (unpaired) electrons. The van der Waals surface area contributed by atoms with Crippen molar-refractivity contribution in [3.8, 4) is 11.1 Å². The van der Waals surface area contributed by atoms with Crippen LogP contribution >= 0.6 is 0 Å². The van der Waals surface area contributed by atoms with Gasteiger partial charge in [-0.25, -0.2) is 0 Å². The quantitative estimate of drug-likeness (QED) is 0.389. The van der Waals surface area contributed by atoms with E-state index in [4.69, 9.17) is 0 Å². The largest absolute Gasteiger partial charge is 0.321 e. The van der Waals surface area contributed by atoms with E-state index in [0.717, 1.165) is 22.1 Å². The summed E-state index contributed by atoms with van der Waals surface area (Å²) < 4.78 is 0. The van der Waals surface area contributed by atoms with E-state index in [-0.39, 0.29) is 16.9 Å². The van der Waals surface area contributed by atoms with Gasteiger partial charge in [-0.15, -0.1) is 0 Å². The molecule has 0 aliphatic heterocycles. The molecule has 4 aromatic rings. The van der Waals surface area contributed by atoms with Crippen LogP contribution in [0.3, 0.4) is 0 Å². The van der Waals surface area contributed by atoms with Gasteiger partial charge in [-0.05, 0) is 30.2 Å². The number of ketones is 1. The van der Waals surface area contributed by atoms with E-state index in [1.54, 1.807) is 6.08 Å². The summed E-state index contributed by atoms with van der Waals surface area (Å²) in [6, 6.07) is 25.0. The Kier molecular flexibility index (Phi) is 4.73. The molecule has 0 aliphatic rings. The number of aromatic amines is 1. The Balaban J connectivity index is 1.90. The monoisotopic (exact) mass is 365 g/mol. The summed E-state index contributed by atoms with van der Waals surface area (Å²) in [5.41, 5.74) is 4.04. The number of aromatic nitrogens is 1. The second kappa shape index (κ2) is 7.49. The summed E-state index contributed by atoms with van der Waals surface area (Å²) in [6.07, 6.45) is 3.22. The summed E-state index contributed by atoms with van der Waals surface area (Å²) in [7, 11) is 0. The lowest BCUT2D eigenvalue weighted by molar-refractivity contribution is 0.104. The predicted octanol–water partition coefficient (Wildman–Crippen LogP) is 5.40. The highest BCUT2D eigenvalue weighted by molar-refractivity contribution is 6.15. The molecule has 1 N–H and O–H groups in total. The van der Waals surface area contributed by atoms with Gasteiger partial charge in [0.25, 0.3) is 5.56 Å². The minimum atomic E-state index is -0.378. The molecular formula is C25H19NO2. The number of H-pyrrole nitrogens is 1. The van der Waals surface area contributed by atoms with Crippen molar-refractivity contribution in [3.05, 3.63) is 112 Å². The Morgan fingerprint density at radius 2 is 1.64 bits per heavy atom. The van der Waals surface area contributed by atoms with E-state index < -0.39 is 0 Å². The highest BCUT2D eigenvalue weighted by Gasteiger charge is 2.18. The molecule has 4 rings (SSSR count). The molecule has 3 aromatic carbocycles. The van der Waals surface area contributed by atoms with Crippen LogP contribution in [0.4, 0.5) is 0 Å². The first-order valence-electron chi connectivity index (χ1n) is 9.13. The number of carbonyl (C=O) groups is 1. The van der Waals surface area contributed by atoms with Crippen molar-refractivity contribution < 1.29 is 4.79 Å². The van der Waals surface area contributed by atoms with Gasteiger partial charge in [-0.3, -0.25) is 9.59 Å². The lowest BCUT2D eigenvalue weighted by Gasteiger charge is -2.11. The van der Waals surface area contributed by atoms with Crippen LogP contribution in [0.25, 0.3) is 28.1 Å². The van der Waals surface area contributed by atoms with Crippen LogP contribution in [0.5, 0.6) is 0 Å². The first-order chi connectivity index (χ1) is 13.6. The van der Waals surface area contributed by atoms with Crippen LogP contribution in [0, 0.1) is 6.92 Å². The first-order valence-corrected chi connectivity index (χ1v) is 9.13. The molecule has 3 heteroatoms. The number of para-hydroxylation sites is 1. The molecule has 0 fully saturated rings. The van der Waals surface area contributed by atoms with Crippen molar-refractivity contribution in [2.24, 2.45) is 0 Å². The summed E-state index contributed by atoms with van der Waals surface area (Å²) in [5, 5.41) is 0.848. The van der Waals surface area contributed by atoms with Crippen molar-refractivity contribution in [1.29, 1.82) is 0 Å². The third kappa shape index (κ3) is 3.42. The molecule has 28 heavy (non-hydrogen) atoms. The van der Waals surface area contributed by atoms with Crippen LogP contribution in [-0.2, 0) is 0 Å². The zero-order chi connectivity index (χ0) is 19.5. The minimum Gasteiger partial charge on any atom is -0.321 e. The zero-order valence-electron chi connectivity index (χ0n) is 15.5. The molecule has 0 amide bonds. The summed E-state index contributed by atoms with van der Waals surface area (Å²) >= 11 is 0. The van der Waals surface area contributed by atoms with Crippen LogP contribution < -0.4 is 5.56 Å². The maximum absolute atomic E-state index is 13.1. The van der Waals surface area contributed by atoms with Gasteiger partial charge < -0.3 is 4.98 Å². The van der Waals surface area contributed by atoms with Crippen molar-refractivity contribution in [3.63, 3.8) is 0 Å². The number of carbonyl (C=O) groups excluding carboxylic acids is 1. The van der Waals surface area contributed by atoms with E-state index in [0.29, 0.717) is 11.1 Å². The molecule has 1 heterocycles. The van der Waals surface area contributed by atoms with Gasteiger partial charge in [0.2, 0.25) is 0 Å². The van der Waals surface area contributed by atoms with Gasteiger partial charge in [0.15, 0.2) is 5.78 Å². The number of aryl methyl sites for hydroxylation is 1. The second-order valence-electron chi connectivity index (χ2n) is 6.73. The lowest BCUT2D eigenvalue weighted by atomic mass is 9.94. The molecule has 0 saturated heterocycles. The SMILES string of the molecule is Cc1cccc(/C=C/C(=O)c2c(-c3ccccc3)c3ccccc3[nH]c2=O)c1. The number of rotatable bonds is 4. The summed E-state index contributed by atoms with van der Waals surface area (Å²) in [4.78, 5) is 28.7. The predicted molar refractivity (Wildman–Crippen MR) is 115 cm³/mol. The van der Waals surface area contributed by atoms with Crippen molar-refractivity contribution >= 4 is 22.8 Å². The number of allylic oxidation sites excluding steroid dienone is 1. The van der Waals surface area contributed by atoms with E-state index >= 15 is 0 Å². The fourth-order valence-corrected chi connectivity index (χ4v) is 3.41. The first kappa shape index (κ1) is 17.7. The van der Waals surface area contributed by atoms with Crippen LogP contribution in [-0.4, -0.2) is 10.8 Å². The third-order valence-corrected chi connectivity index (χ3v) is 4.70. The molecule has 0 saturated carbocycles. The number of hydrogen-bond donors (Lipinski definition) is 1. The van der Waals surface area contributed by atoms with Crippen molar-refractivity contribution in [2.45, 2.75) is 6.92 Å². The zero-order valence-corrected chi connectivity index (χ0v) is 15.5. The Morgan fingerprint density at radius 1 is 0.893 bits per heavy atom. The molecule has 0 unspecified atom stereocenters. The number of fused-ring (bicyclic) bond motifs is 1. The highest BCUT2D eigenvalue weighted by atomic mass is 16.1. The van der Waals surface area contributed by atoms with Crippen LogP contribution in [0.2, 0.25) is 0 Å². The molecule has 0 bridgehead atoms. The van der Waals surface area contributed by atoms with Crippen molar-refractivity contribution in [1.82, 2.24) is 4.98 Å². The smallest absolute Gasteiger partial charge is 0.260 e. The van der Waals surface area contributed by atoms with E-state index in [1.807, 2.05) is 85.8 Å². The van der Waals surface area contributed by atoms with Gasteiger partial charge in [-0.1, -0.05) is 84.4 Å². The molecule has 3 nitrogen and oxygen atoms in total. The normalized spacial score (nSPS) is 11.2. The van der Waals surface area contributed by atoms with E-state index in [9.17, 15) is 9.59 Å². The van der Waals surface area contributed by atoms with Gasteiger partial charge in [0, 0.05) is 16.5 Å². The molecule has 136 valence electrons. The number of pyridine rings is 1. The maximum atomic E-state index is 13.1. The molecule has 0 aliphatic carbocycles. The standard InChI is InChI=1S/C25H19NO2/c1-17-8-7-9-18(16-17)14-15-22(27)24-23(19-10-3-2-4-11-19)20-12-5-6-13-21(20)26-25(24)28/h2-16H,1H3,(H,26,28)/b15-14+. The van der Waals surface area contributed by atoms with Crippen LogP contribution in [0.15, 0.2) is 89.7 Å². The highest BCUT2D eigenvalue weighted by Crippen LogP contribution is 2.29. The van der Waals surface area contributed by atoms with Gasteiger partial charge >= 0.3 is 0 Å². The van der Waals surface area contributed by atoms with Crippen molar-refractivity contribution in [2.75, 3.05) is 0 Å². The van der Waals surface area contributed by atoms with Gasteiger partial charge in [-0.2, -0.15) is 0 Å². The molecule has 1 aromatic heterocycles. The molecule has 0 atom stereocenters. The lowest BCUT2D eigenvalue weighted by Crippen LogP contribution is -2.18. The average molecular weight is 365 g/mol. The Labute approximate surface area is 163 Å². The topological polar surface area (TPSA) is 49.9 Å². The van der Waals surface area contributed by atoms with E-state index in [1.165, 1.54) is 6.08 Å². The number of hydrogen-bond acceptors (Lipinski definition) is 2. The Bertz CT molecular complexity index is 1250. The van der Waals surface area contributed by atoms with E-state index in [2.05, 4.69) is 4.98 Å². The van der Waals surface area contributed by atoms with Crippen LogP contribution in [0.1, 0.15) is 21.5 Å². The number of benzene rings is 3. The Morgan fingerprint density at radius 3 is 2.43 bits per heavy atom. The average Bonchev–Trinajstić information content (AvgIpc) is 2.71. The number of nitrogens with one attached hydrogen (secondary N) is 1. The fourth-order valence-electron chi connectivity index (χ4n) is 3.41. The second-order valence-corrected chi connectivity index (χ2v) is 6.73. The van der Waals surface area contributed by atoms with Gasteiger partial charge in [0.1, 0.15) is 0 Å². The minimum absolute atomic E-state index is 0.161. The molecular weight excluding hydrogens is 346 g/mol. The third-order valence-electron chi connectivity index (χ3n) is 4.70. The van der Waals surface area contributed by atoms with Gasteiger partial charge in [0.05, 0.1) is 5.56 Å². The fraction of sp³-hybridized carbons (Fsp3) is 0.0400.